The Balaban J connectivity index is 1.92. The molecule has 3 N–H and O–H groups in total. The summed E-state index contributed by atoms with van der Waals surface area (Å²) < 4.78 is 0.824. The van der Waals surface area contributed by atoms with Crippen LogP contribution in [-0.4, -0.2) is 12.5 Å². The molecule has 3 nitrogen and oxygen atoms in total. The molecule has 1 saturated carbocycles. The molecular formula is C13H17BrN2O. The topological polar surface area (TPSA) is 55.1 Å². The van der Waals surface area contributed by atoms with Gasteiger partial charge in [0, 0.05) is 22.3 Å². The second-order valence-corrected chi connectivity index (χ2v) is 5.45. The van der Waals surface area contributed by atoms with E-state index in [0.29, 0.717) is 17.2 Å². The second kappa shape index (κ2) is 5.54. The zero-order valence-corrected chi connectivity index (χ0v) is 11.3. The predicted molar refractivity (Wildman–Crippen MR) is 72.8 cm³/mol. The Hall–Kier alpha value is -1.03. The SMILES string of the molecule is Nc1cc(C(=O)NCC2CCCC2)ccc1Br. The Labute approximate surface area is 110 Å². The van der Waals surface area contributed by atoms with Crippen LogP contribution in [0.25, 0.3) is 0 Å². The van der Waals surface area contributed by atoms with Gasteiger partial charge in [-0.3, -0.25) is 4.79 Å². The van der Waals surface area contributed by atoms with Crippen molar-refractivity contribution in [3.05, 3.63) is 28.2 Å². The molecule has 1 amide bonds. The van der Waals surface area contributed by atoms with Crippen molar-refractivity contribution in [3.8, 4) is 0 Å². The summed E-state index contributed by atoms with van der Waals surface area (Å²) >= 11 is 3.31. The fourth-order valence-corrected chi connectivity index (χ4v) is 2.49. The van der Waals surface area contributed by atoms with Crippen molar-refractivity contribution < 1.29 is 4.79 Å². The summed E-state index contributed by atoms with van der Waals surface area (Å²) in [5.74, 6) is 0.628. The van der Waals surface area contributed by atoms with Gasteiger partial charge in [-0.05, 0) is 52.9 Å². The van der Waals surface area contributed by atoms with Gasteiger partial charge < -0.3 is 11.1 Å². The first-order chi connectivity index (χ1) is 8.16. The lowest BCUT2D eigenvalue weighted by atomic mass is 10.1. The molecule has 0 spiro atoms. The van der Waals surface area contributed by atoms with E-state index in [4.69, 9.17) is 5.73 Å². The van der Waals surface area contributed by atoms with Crippen LogP contribution < -0.4 is 11.1 Å². The van der Waals surface area contributed by atoms with Gasteiger partial charge in [-0.1, -0.05) is 12.8 Å². The quantitative estimate of drug-likeness (QED) is 0.843. The lowest BCUT2D eigenvalue weighted by Crippen LogP contribution is -2.28. The van der Waals surface area contributed by atoms with E-state index in [9.17, 15) is 4.79 Å². The lowest BCUT2D eigenvalue weighted by molar-refractivity contribution is 0.0947. The van der Waals surface area contributed by atoms with Crippen molar-refractivity contribution in [2.45, 2.75) is 25.7 Å². The molecule has 0 aliphatic heterocycles. The first-order valence-electron chi connectivity index (χ1n) is 6.00. The fourth-order valence-electron chi connectivity index (χ4n) is 2.24. The second-order valence-electron chi connectivity index (χ2n) is 4.60. The third kappa shape index (κ3) is 3.22. The minimum atomic E-state index is -0.0314. The molecule has 1 fully saturated rings. The first-order valence-corrected chi connectivity index (χ1v) is 6.79. The van der Waals surface area contributed by atoms with Crippen molar-refractivity contribution in [2.75, 3.05) is 12.3 Å². The average molecular weight is 297 g/mol. The van der Waals surface area contributed by atoms with Gasteiger partial charge in [-0.15, -0.1) is 0 Å². The van der Waals surface area contributed by atoms with Gasteiger partial charge >= 0.3 is 0 Å². The van der Waals surface area contributed by atoms with E-state index in [1.165, 1.54) is 25.7 Å². The maximum atomic E-state index is 11.9. The van der Waals surface area contributed by atoms with Gasteiger partial charge in [-0.25, -0.2) is 0 Å². The Bertz CT molecular complexity index is 414. The molecule has 0 bridgehead atoms. The van der Waals surface area contributed by atoms with Crippen LogP contribution in [0.2, 0.25) is 0 Å². The molecule has 1 aliphatic rings. The summed E-state index contributed by atoms with van der Waals surface area (Å²) in [5, 5.41) is 2.98. The molecule has 1 aromatic rings. The highest BCUT2D eigenvalue weighted by molar-refractivity contribution is 9.10. The van der Waals surface area contributed by atoms with Crippen LogP contribution in [0, 0.1) is 5.92 Å². The van der Waals surface area contributed by atoms with E-state index in [2.05, 4.69) is 21.2 Å². The van der Waals surface area contributed by atoms with Gasteiger partial charge in [0.25, 0.3) is 5.91 Å². The molecule has 17 heavy (non-hydrogen) atoms. The van der Waals surface area contributed by atoms with E-state index in [1.54, 1.807) is 18.2 Å². The van der Waals surface area contributed by atoms with E-state index < -0.39 is 0 Å². The number of halogens is 1. The van der Waals surface area contributed by atoms with Gasteiger partial charge in [0.15, 0.2) is 0 Å². The van der Waals surface area contributed by atoms with Crippen molar-refractivity contribution in [3.63, 3.8) is 0 Å². The van der Waals surface area contributed by atoms with Crippen LogP contribution in [0.3, 0.4) is 0 Å². The number of hydrogen-bond donors (Lipinski definition) is 2. The van der Waals surface area contributed by atoms with Crippen LogP contribution in [0.1, 0.15) is 36.0 Å². The summed E-state index contributed by atoms with van der Waals surface area (Å²) in [6.07, 6.45) is 5.07. The lowest BCUT2D eigenvalue weighted by Gasteiger charge is -2.11. The Morgan fingerprint density at radius 2 is 2.12 bits per heavy atom. The Morgan fingerprint density at radius 1 is 1.41 bits per heavy atom. The zero-order valence-electron chi connectivity index (χ0n) is 9.71. The first kappa shape index (κ1) is 12.4. The summed E-state index contributed by atoms with van der Waals surface area (Å²) in [7, 11) is 0. The largest absolute Gasteiger partial charge is 0.398 e. The Morgan fingerprint density at radius 3 is 2.76 bits per heavy atom. The number of amides is 1. The van der Waals surface area contributed by atoms with E-state index >= 15 is 0 Å². The van der Waals surface area contributed by atoms with Crippen molar-refractivity contribution in [1.82, 2.24) is 5.32 Å². The molecule has 0 aromatic heterocycles. The normalized spacial score (nSPS) is 16.1. The van der Waals surface area contributed by atoms with Crippen molar-refractivity contribution >= 4 is 27.5 Å². The number of nitrogen functional groups attached to an aromatic ring is 1. The number of rotatable bonds is 3. The van der Waals surface area contributed by atoms with Gasteiger partial charge in [-0.2, -0.15) is 0 Å². The third-order valence-corrected chi connectivity index (χ3v) is 4.01. The summed E-state index contributed by atoms with van der Waals surface area (Å²) in [4.78, 5) is 11.9. The molecule has 0 saturated heterocycles. The van der Waals surface area contributed by atoms with E-state index in [1.807, 2.05) is 0 Å². The summed E-state index contributed by atoms with van der Waals surface area (Å²) in [6.45, 7) is 0.787. The monoisotopic (exact) mass is 296 g/mol. The molecule has 4 heteroatoms. The standard InChI is InChI=1S/C13H17BrN2O/c14-11-6-5-10(7-12(11)15)13(17)16-8-9-3-1-2-4-9/h5-7,9H,1-4,8,15H2,(H,16,17). The van der Waals surface area contributed by atoms with Crippen LogP contribution >= 0.6 is 15.9 Å². The number of carbonyl (C=O) groups excluding carboxylic acids is 1. The molecule has 0 atom stereocenters. The van der Waals surface area contributed by atoms with Crippen LogP contribution in [0.5, 0.6) is 0 Å². The van der Waals surface area contributed by atoms with Crippen LogP contribution in [-0.2, 0) is 0 Å². The highest BCUT2D eigenvalue weighted by atomic mass is 79.9. The van der Waals surface area contributed by atoms with Gasteiger partial charge in [0.2, 0.25) is 0 Å². The van der Waals surface area contributed by atoms with Crippen LogP contribution in [0.4, 0.5) is 5.69 Å². The molecule has 92 valence electrons. The zero-order chi connectivity index (χ0) is 12.3. The number of anilines is 1. The summed E-state index contributed by atoms with van der Waals surface area (Å²) in [5.41, 5.74) is 6.97. The van der Waals surface area contributed by atoms with Gasteiger partial charge in [0.1, 0.15) is 0 Å². The van der Waals surface area contributed by atoms with Crippen molar-refractivity contribution in [2.24, 2.45) is 5.92 Å². The highest BCUT2D eigenvalue weighted by Crippen LogP contribution is 2.24. The number of nitrogens with one attached hydrogen (secondary N) is 1. The molecule has 0 unspecified atom stereocenters. The number of hydrogen-bond acceptors (Lipinski definition) is 2. The minimum absolute atomic E-state index is 0.0314. The predicted octanol–water partition coefficient (Wildman–Crippen LogP) is 2.95. The third-order valence-electron chi connectivity index (χ3n) is 3.28. The number of carbonyl (C=O) groups is 1. The molecule has 2 rings (SSSR count). The highest BCUT2D eigenvalue weighted by Gasteiger charge is 2.16. The molecule has 1 aromatic carbocycles. The number of nitrogens with two attached hydrogens (primary N) is 1. The van der Waals surface area contributed by atoms with Gasteiger partial charge in [0.05, 0.1) is 0 Å². The molecule has 1 aliphatic carbocycles. The van der Waals surface area contributed by atoms with Crippen LogP contribution in [0.15, 0.2) is 22.7 Å². The maximum absolute atomic E-state index is 11.9. The summed E-state index contributed by atoms with van der Waals surface area (Å²) in [6, 6.07) is 5.29. The fraction of sp³-hybridized carbons (Fsp3) is 0.462. The molecule has 0 heterocycles. The Kier molecular flexibility index (Phi) is 4.05. The van der Waals surface area contributed by atoms with E-state index in [0.717, 1.165) is 11.0 Å². The number of benzene rings is 1. The van der Waals surface area contributed by atoms with Crippen molar-refractivity contribution in [1.29, 1.82) is 0 Å². The molecular weight excluding hydrogens is 280 g/mol. The average Bonchev–Trinajstić information content (AvgIpc) is 2.82. The smallest absolute Gasteiger partial charge is 0.251 e. The maximum Gasteiger partial charge on any atom is 0.251 e. The van der Waals surface area contributed by atoms with E-state index in [-0.39, 0.29) is 5.91 Å². The molecule has 0 radical (unpaired) electrons. The minimum Gasteiger partial charge on any atom is -0.398 e.